The van der Waals surface area contributed by atoms with Crippen molar-refractivity contribution in [2.45, 2.75) is 6.61 Å². The Labute approximate surface area is 121 Å². The molecule has 2 aromatic rings. The highest BCUT2D eigenvalue weighted by molar-refractivity contribution is 6.33. The summed E-state index contributed by atoms with van der Waals surface area (Å²) < 4.78 is 10.1. The largest absolute Gasteiger partial charge is 0.481 e. The number of rotatable bonds is 4. The number of nitrogens with two attached hydrogens (primary N) is 1. The molecule has 0 spiro atoms. The Balaban J connectivity index is 2.02. The molecule has 0 saturated heterocycles. The first-order valence-corrected chi connectivity index (χ1v) is 6.20. The highest BCUT2D eigenvalue weighted by atomic mass is 35.5. The predicted octanol–water partition coefficient (Wildman–Crippen LogP) is 2.68. The third kappa shape index (κ3) is 3.39. The Morgan fingerprint density at radius 2 is 2.15 bits per heavy atom. The van der Waals surface area contributed by atoms with E-state index in [-0.39, 0.29) is 6.61 Å². The van der Waals surface area contributed by atoms with Gasteiger partial charge in [0.25, 0.3) is 0 Å². The van der Waals surface area contributed by atoms with Crippen LogP contribution in [0.3, 0.4) is 0 Å². The fraction of sp³-hybridized carbons (Fsp3) is 0.143. The van der Waals surface area contributed by atoms with E-state index in [0.717, 1.165) is 0 Å². The monoisotopic (exact) mass is 292 g/mol. The number of hydrogen-bond acceptors (Lipinski definition) is 5. The lowest BCUT2D eigenvalue weighted by molar-refractivity contribution is 0.0467. The molecule has 0 aliphatic rings. The van der Waals surface area contributed by atoms with Crippen molar-refractivity contribution >= 4 is 23.3 Å². The highest BCUT2D eigenvalue weighted by Crippen LogP contribution is 2.20. The zero-order chi connectivity index (χ0) is 14.5. The van der Waals surface area contributed by atoms with Crippen LogP contribution in [0, 0.1) is 0 Å². The van der Waals surface area contributed by atoms with Gasteiger partial charge in [-0.1, -0.05) is 17.7 Å². The Kier molecular flexibility index (Phi) is 4.42. The van der Waals surface area contributed by atoms with Gasteiger partial charge in [0.2, 0.25) is 5.88 Å². The van der Waals surface area contributed by atoms with Gasteiger partial charge in [-0.2, -0.15) is 0 Å². The van der Waals surface area contributed by atoms with Gasteiger partial charge in [-0.25, -0.2) is 9.78 Å². The lowest BCUT2D eigenvalue weighted by Crippen LogP contribution is -2.07. The van der Waals surface area contributed by atoms with E-state index >= 15 is 0 Å². The summed E-state index contributed by atoms with van der Waals surface area (Å²) >= 11 is 5.79. The van der Waals surface area contributed by atoms with Gasteiger partial charge in [0.05, 0.1) is 29.1 Å². The van der Waals surface area contributed by atoms with E-state index < -0.39 is 5.97 Å². The van der Waals surface area contributed by atoms with Crippen LogP contribution in [-0.4, -0.2) is 18.1 Å². The van der Waals surface area contributed by atoms with Crippen LogP contribution in [0.1, 0.15) is 16.1 Å². The summed E-state index contributed by atoms with van der Waals surface area (Å²) in [5.74, 6) is -0.0210. The number of hydrogen-bond donors (Lipinski definition) is 1. The minimum Gasteiger partial charge on any atom is -0.481 e. The first kappa shape index (κ1) is 14.1. The van der Waals surface area contributed by atoms with Crippen molar-refractivity contribution in [2.75, 3.05) is 12.8 Å². The zero-order valence-electron chi connectivity index (χ0n) is 10.8. The van der Waals surface area contributed by atoms with Gasteiger partial charge < -0.3 is 15.2 Å². The minimum absolute atomic E-state index is 0.0541. The van der Waals surface area contributed by atoms with E-state index in [0.29, 0.717) is 27.8 Å². The van der Waals surface area contributed by atoms with Gasteiger partial charge in [-0.3, -0.25) is 0 Å². The fourth-order valence-corrected chi connectivity index (χ4v) is 1.66. The van der Waals surface area contributed by atoms with Gasteiger partial charge in [-0.15, -0.1) is 0 Å². The van der Waals surface area contributed by atoms with Gasteiger partial charge in [0, 0.05) is 6.07 Å². The molecule has 1 heterocycles. The number of carbonyl (C=O) groups is 1. The van der Waals surface area contributed by atoms with Crippen molar-refractivity contribution in [3.8, 4) is 5.88 Å². The molecule has 6 heteroatoms. The summed E-state index contributed by atoms with van der Waals surface area (Å²) in [7, 11) is 1.52. The SMILES string of the molecule is COc1cccc(COC(=O)c2ccc(Cl)c(N)c2)n1. The number of aromatic nitrogens is 1. The minimum atomic E-state index is -0.488. The van der Waals surface area contributed by atoms with Crippen LogP contribution in [0.4, 0.5) is 5.69 Å². The van der Waals surface area contributed by atoms with Crippen molar-refractivity contribution in [3.05, 3.63) is 52.7 Å². The van der Waals surface area contributed by atoms with E-state index in [1.807, 2.05) is 0 Å². The van der Waals surface area contributed by atoms with Crippen LogP contribution in [-0.2, 0) is 11.3 Å². The second-order valence-corrected chi connectivity index (χ2v) is 4.39. The molecule has 0 aliphatic heterocycles. The van der Waals surface area contributed by atoms with Crippen molar-refractivity contribution in [3.63, 3.8) is 0 Å². The van der Waals surface area contributed by atoms with Gasteiger partial charge in [0.15, 0.2) is 0 Å². The normalized spacial score (nSPS) is 10.1. The number of benzene rings is 1. The van der Waals surface area contributed by atoms with Crippen molar-refractivity contribution in [2.24, 2.45) is 0 Å². The highest BCUT2D eigenvalue weighted by Gasteiger charge is 2.10. The van der Waals surface area contributed by atoms with E-state index in [2.05, 4.69) is 4.98 Å². The smallest absolute Gasteiger partial charge is 0.338 e. The second-order valence-electron chi connectivity index (χ2n) is 3.98. The molecule has 0 bridgehead atoms. The third-order valence-electron chi connectivity index (χ3n) is 2.57. The van der Waals surface area contributed by atoms with Gasteiger partial charge in [-0.05, 0) is 24.3 Å². The molecule has 2 rings (SSSR count). The first-order chi connectivity index (χ1) is 9.60. The van der Waals surface area contributed by atoms with Crippen LogP contribution < -0.4 is 10.5 Å². The molecule has 0 saturated carbocycles. The number of esters is 1. The number of pyridine rings is 1. The predicted molar refractivity (Wildman–Crippen MR) is 75.8 cm³/mol. The lowest BCUT2D eigenvalue weighted by atomic mass is 10.2. The van der Waals surface area contributed by atoms with Crippen molar-refractivity contribution < 1.29 is 14.3 Å². The average Bonchev–Trinajstić information content (AvgIpc) is 2.47. The van der Waals surface area contributed by atoms with Crippen LogP contribution in [0.5, 0.6) is 5.88 Å². The second kappa shape index (κ2) is 6.25. The Hall–Kier alpha value is -2.27. The summed E-state index contributed by atoms with van der Waals surface area (Å²) in [5, 5.41) is 0.399. The van der Waals surface area contributed by atoms with Crippen LogP contribution in [0.2, 0.25) is 5.02 Å². The molecular formula is C14H13ClN2O3. The molecule has 0 aliphatic carbocycles. The first-order valence-electron chi connectivity index (χ1n) is 5.82. The summed E-state index contributed by atoms with van der Waals surface area (Å²) in [6, 6.07) is 9.81. The molecule has 0 unspecified atom stereocenters. The van der Waals surface area contributed by atoms with Crippen LogP contribution in [0.15, 0.2) is 36.4 Å². The molecule has 0 radical (unpaired) electrons. The maximum Gasteiger partial charge on any atom is 0.338 e. The Bertz CT molecular complexity index is 632. The molecule has 0 fully saturated rings. The quantitative estimate of drug-likeness (QED) is 0.693. The fourth-order valence-electron chi connectivity index (χ4n) is 1.55. The number of halogens is 1. The standard InChI is InChI=1S/C14H13ClN2O3/c1-19-13-4-2-3-10(17-13)8-20-14(18)9-5-6-11(15)12(16)7-9/h2-7H,8,16H2,1H3. The van der Waals surface area contributed by atoms with Gasteiger partial charge >= 0.3 is 5.97 Å². The molecule has 1 aromatic heterocycles. The summed E-state index contributed by atoms with van der Waals surface area (Å²) in [6.07, 6.45) is 0. The molecule has 5 nitrogen and oxygen atoms in total. The molecule has 0 atom stereocenters. The maximum absolute atomic E-state index is 11.9. The number of carbonyl (C=O) groups excluding carboxylic acids is 1. The molecule has 2 N–H and O–H groups in total. The van der Waals surface area contributed by atoms with E-state index in [1.165, 1.54) is 13.2 Å². The van der Waals surface area contributed by atoms with Crippen molar-refractivity contribution in [1.82, 2.24) is 4.98 Å². The molecule has 0 amide bonds. The number of nitrogens with zero attached hydrogens (tertiary/aromatic N) is 1. The topological polar surface area (TPSA) is 74.4 Å². The molecule has 104 valence electrons. The molecular weight excluding hydrogens is 280 g/mol. The zero-order valence-corrected chi connectivity index (χ0v) is 11.6. The third-order valence-corrected chi connectivity index (χ3v) is 2.92. The van der Waals surface area contributed by atoms with E-state index in [4.69, 9.17) is 26.8 Å². The number of anilines is 1. The van der Waals surface area contributed by atoms with Gasteiger partial charge in [0.1, 0.15) is 6.61 Å². The maximum atomic E-state index is 11.9. The van der Waals surface area contributed by atoms with Crippen LogP contribution >= 0.6 is 11.6 Å². The number of nitrogen functional groups attached to an aromatic ring is 1. The Morgan fingerprint density at radius 1 is 1.35 bits per heavy atom. The number of ether oxygens (including phenoxy) is 2. The number of methoxy groups -OCH3 is 1. The summed E-state index contributed by atoms with van der Waals surface area (Å²) in [6.45, 7) is 0.0541. The summed E-state index contributed by atoms with van der Waals surface area (Å²) in [4.78, 5) is 16.0. The van der Waals surface area contributed by atoms with E-state index in [9.17, 15) is 4.79 Å². The lowest BCUT2D eigenvalue weighted by Gasteiger charge is -2.06. The average molecular weight is 293 g/mol. The van der Waals surface area contributed by atoms with Crippen LogP contribution in [0.25, 0.3) is 0 Å². The Morgan fingerprint density at radius 3 is 2.85 bits per heavy atom. The van der Waals surface area contributed by atoms with E-state index in [1.54, 1.807) is 30.3 Å². The van der Waals surface area contributed by atoms with Crippen molar-refractivity contribution in [1.29, 1.82) is 0 Å². The molecule has 20 heavy (non-hydrogen) atoms. The molecule has 1 aromatic carbocycles. The summed E-state index contributed by atoms with van der Waals surface area (Å²) in [5.41, 5.74) is 6.91.